The molecular weight excluding hydrogens is 319 g/mol. The highest BCUT2D eigenvalue weighted by molar-refractivity contribution is 5.85. The smallest absolute Gasteiger partial charge is 0.240 e. The summed E-state index contributed by atoms with van der Waals surface area (Å²) in [6.45, 7) is 5.25. The third kappa shape index (κ3) is 4.50. The molecule has 1 aromatic carbocycles. The third-order valence-electron chi connectivity index (χ3n) is 3.91. The quantitative estimate of drug-likeness (QED) is 0.907. The van der Waals surface area contributed by atoms with Crippen LogP contribution in [0.2, 0.25) is 0 Å². The second-order valence-corrected chi connectivity index (χ2v) is 5.60. The van der Waals surface area contributed by atoms with Crippen LogP contribution in [-0.2, 0) is 13.0 Å². The van der Waals surface area contributed by atoms with Crippen molar-refractivity contribution in [2.24, 2.45) is 0 Å². The van der Waals surface area contributed by atoms with Crippen molar-refractivity contribution in [1.82, 2.24) is 20.4 Å². The van der Waals surface area contributed by atoms with Crippen molar-refractivity contribution in [2.75, 3.05) is 19.6 Å². The van der Waals surface area contributed by atoms with Gasteiger partial charge in [-0.3, -0.25) is 4.90 Å². The Bertz CT molecular complexity index is 622. The molecule has 1 aliphatic rings. The summed E-state index contributed by atoms with van der Waals surface area (Å²) >= 11 is 0. The molecule has 7 heteroatoms. The van der Waals surface area contributed by atoms with E-state index in [9.17, 15) is 4.39 Å². The van der Waals surface area contributed by atoms with Crippen LogP contribution in [0.4, 0.5) is 4.39 Å². The maximum absolute atomic E-state index is 13.5. The van der Waals surface area contributed by atoms with Crippen molar-refractivity contribution in [2.45, 2.75) is 32.4 Å². The second kappa shape index (κ2) is 8.38. The Morgan fingerprint density at radius 3 is 3.09 bits per heavy atom. The first kappa shape index (κ1) is 17.8. The van der Waals surface area contributed by atoms with E-state index >= 15 is 0 Å². The van der Waals surface area contributed by atoms with Crippen LogP contribution >= 0.6 is 12.4 Å². The zero-order valence-electron chi connectivity index (χ0n) is 13.2. The van der Waals surface area contributed by atoms with Crippen LogP contribution < -0.4 is 5.32 Å². The number of benzene rings is 1. The molecule has 3 rings (SSSR count). The first-order valence-electron chi connectivity index (χ1n) is 7.78. The van der Waals surface area contributed by atoms with E-state index in [-0.39, 0.29) is 24.3 Å². The van der Waals surface area contributed by atoms with Gasteiger partial charge in [0, 0.05) is 32.1 Å². The Labute approximate surface area is 141 Å². The van der Waals surface area contributed by atoms with Gasteiger partial charge in [0.2, 0.25) is 5.89 Å². The van der Waals surface area contributed by atoms with Gasteiger partial charge in [0.25, 0.3) is 0 Å². The highest BCUT2D eigenvalue weighted by Gasteiger charge is 2.25. The van der Waals surface area contributed by atoms with E-state index in [1.165, 1.54) is 6.07 Å². The van der Waals surface area contributed by atoms with Gasteiger partial charge < -0.3 is 9.84 Å². The fraction of sp³-hybridized carbons (Fsp3) is 0.500. The number of rotatable bonds is 5. The molecule has 23 heavy (non-hydrogen) atoms. The molecule has 1 fully saturated rings. The van der Waals surface area contributed by atoms with Gasteiger partial charge in [0.1, 0.15) is 5.82 Å². The number of aryl methyl sites for hydroxylation is 1. The highest BCUT2D eigenvalue weighted by atomic mass is 35.5. The van der Waals surface area contributed by atoms with E-state index in [2.05, 4.69) is 27.3 Å². The molecule has 126 valence electrons. The Kier molecular flexibility index (Phi) is 6.50. The van der Waals surface area contributed by atoms with E-state index in [1.807, 2.05) is 6.07 Å². The number of aromatic nitrogens is 2. The zero-order chi connectivity index (χ0) is 15.4. The number of hydrogen-bond acceptors (Lipinski definition) is 5. The molecular formula is C16H22ClFN4O. The van der Waals surface area contributed by atoms with Crippen molar-refractivity contribution >= 4 is 12.4 Å². The maximum Gasteiger partial charge on any atom is 0.240 e. The summed E-state index contributed by atoms with van der Waals surface area (Å²) in [6, 6.07) is 6.90. The monoisotopic (exact) mass is 340 g/mol. The van der Waals surface area contributed by atoms with Gasteiger partial charge in [-0.05, 0) is 24.1 Å². The lowest BCUT2D eigenvalue weighted by Gasteiger charge is -2.35. The van der Waals surface area contributed by atoms with Crippen LogP contribution in [0.1, 0.15) is 36.7 Å². The van der Waals surface area contributed by atoms with Crippen molar-refractivity contribution in [3.8, 4) is 0 Å². The number of hydrogen-bond donors (Lipinski definition) is 1. The average molecular weight is 341 g/mol. The van der Waals surface area contributed by atoms with Gasteiger partial charge in [-0.1, -0.05) is 24.2 Å². The Morgan fingerprint density at radius 2 is 2.30 bits per heavy atom. The lowest BCUT2D eigenvalue weighted by molar-refractivity contribution is 0.135. The summed E-state index contributed by atoms with van der Waals surface area (Å²) in [4.78, 5) is 6.68. The van der Waals surface area contributed by atoms with Gasteiger partial charge in [-0.25, -0.2) is 4.39 Å². The molecule has 1 atom stereocenters. The Balaban J connectivity index is 0.00000192. The maximum atomic E-state index is 13.5. The number of halogens is 2. The molecule has 0 aliphatic carbocycles. The molecule has 1 aromatic heterocycles. The average Bonchev–Trinajstić information content (AvgIpc) is 2.95. The van der Waals surface area contributed by atoms with E-state index in [0.29, 0.717) is 12.4 Å². The number of nitrogens with zero attached hydrogens (tertiary/aromatic N) is 3. The minimum Gasteiger partial charge on any atom is -0.338 e. The first-order chi connectivity index (χ1) is 10.8. The molecule has 0 amide bonds. The summed E-state index contributed by atoms with van der Waals surface area (Å²) in [5, 5.41) is 7.36. The van der Waals surface area contributed by atoms with E-state index in [1.54, 1.807) is 12.1 Å². The fourth-order valence-corrected chi connectivity index (χ4v) is 2.83. The highest BCUT2D eigenvalue weighted by Crippen LogP contribution is 2.24. The molecule has 2 aromatic rings. The molecule has 2 heterocycles. The van der Waals surface area contributed by atoms with Crippen molar-refractivity contribution in [1.29, 1.82) is 0 Å². The minimum absolute atomic E-state index is 0. The second-order valence-electron chi connectivity index (χ2n) is 5.60. The normalized spacial score (nSPS) is 18.6. The van der Waals surface area contributed by atoms with Gasteiger partial charge in [0.15, 0.2) is 5.82 Å². The van der Waals surface area contributed by atoms with Crippen LogP contribution in [0, 0.1) is 5.82 Å². The largest absolute Gasteiger partial charge is 0.338 e. The molecule has 1 N–H and O–H groups in total. The van der Waals surface area contributed by atoms with Gasteiger partial charge in [0.05, 0.1) is 6.54 Å². The van der Waals surface area contributed by atoms with Crippen LogP contribution in [0.5, 0.6) is 0 Å². The molecule has 0 radical (unpaired) electrons. The van der Waals surface area contributed by atoms with Crippen LogP contribution in [0.15, 0.2) is 28.8 Å². The number of nitrogens with one attached hydrogen (secondary N) is 1. The van der Waals surface area contributed by atoms with Crippen molar-refractivity contribution < 1.29 is 8.91 Å². The van der Waals surface area contributed by atoms with Crippen molar-refractivity contribution in [3.05, 3.63) is 47.4 Å². The predicted octanol–water partition coefficient (Wildman–Crippen LogP) is 2.73. The fourth-order valence-electron chi connectivity index (χ4n) is 2.83. The standard InChI is InChI=1S/C16H21FN4O.ClH/c1-2-4-15-19-16(22-20-15)11-21-8-7-18-10-14(21)12-5-3-6-13(17)9-12;/h3,5-6,9,14,18H,2,4,7-8,10-11H2,1H3;1H. The van der Waals surface area contributed by atoms with E-state index in [0.717, 1.165) is 43.9 Å². The topological polar surface area (TPSA) is 54.2 Å². The number of piperazine rings is 1. The summed E-state index contributed by atoms with van der Waals surface area (Å²) in [5.41, 5.74) is 0.973. The summed E-state index contributed by atoms with van der Waals surface area (Å²) in [7, 11) is 0. The lowest BCUT2D eigenvalue weighted by atomic mass is 10.0. The lowest BCUT2D eigenvalue weighted by Crippen LogP contribution is -2.45. The summed E-state index contributed by atoms with van der Waals surface area (Å²) in [5.74, 6) is 1.19. The molecule has 5 nitrogen and oxygen atoms in total. The third-order valence-corrected chi connectivity index (χ3v) is 3.91. The SMILES string of the molecule is CCCc1noc(CN2CCNCC2c2cccc(F)c2)n1.Cl. The van der Waals surface area contributed by atoms with Crippen LogP contribution in [-0.4, -0.2) is 34.7 Å². The first-order valence-corrected chi connectivity index (χ1v) is 7.78. The Morgan fingerprint density at radius 1 is 1.43 bits per heavy atom. The van der Waals surface area contributed by atoms with Gasteiger partial charge in [-0.15, -0.1) is 12.4 Å². The van der Waals surface area contributed by atoms with Crippen molar-refractivity contribution in [3.63, 3.8) is 0 Å². The van der Waals surface area contributed by atoms with E-state index in [4.69, 9.17) is 4.52 Å². The predicted molar refractivity (Wildman–Crippen MR) is 88.0 cm³/mol. The molecule has 1 aliphatic heterocycles. The summed E-state index contributed by atoms with van der Waals surface area (Å²) < 4.78 is 18.8. The molecule has 0 bridgehead atoms. The van der Waals surface area contributed by atoms with Crippen LogP contribution in [0.25, 0.3) is 0 Å². The minimum atomic E-state index is -0.203. The molecule has 0 spiro atoms. The van der Waals surface area contributed by atoms with E-state index < -0.39 is 0 Å². The molecule has 1 saturated heterocycles. The zero-order valence-corrected chi connectivity index (χ0v) is 14.0. The molecule has 1 unspecified atom stereocenters. The van der Waals surface area contributed by atoms with Crippen LogP contribution in [0.3, 0.4) is 0 Å². The Hall–Kier alpha value is -1.50. The summed E-state index contributed by atoms with van der Waals surface area (Å²) in [6.07, 6.45) is 1.83. The molecule has 0 saturated carbocycles. The van der Waals surface area contributed by atoms with Gasteiger partial charge >= 0.3 is 0 Å². The van der Waals surface area contributed by atoms with Gasteiger partial charge in [-0.2, -0.15) is 4.98 Å².